The van der Waals surface area contributed by atoms with Crippen LogP contribution in [0.4, 0.5) is 0 Å². The Morgan fingerprint density at radius 3 is 3.06 bits per heavy atom. The van der Waals surface area contributed by atoms with E-state index >= 15 is 0 Å². The average Bonchev–Trinajstić information content (AvgIpc) is 2.92. The molecule has 1 N–H and O–H groups in total. The van der Waals surface area contributed by atoms with Crippen LogP contribution in [-0.2, 0) is 6.54 Å². The predicted molar refractivity (Wildman–Crippen MR) is 61.4 cm³/mol. The van der Waals surface area contributed by atoms with E-state index in [1.165, 1.54) is 18.5 Å². The van der Waals surface area contributed by atoms with Gasteiger partial charge in [-0.15, -0.1) is 0 Å². The average molecular weight is 219 g/mol. The van der Waals surface area contributed by atoms with Crippen LogP contribution in [0.2, 0.25) is 0 Å². The highest BCUT2D eigenvalue weighted by Gasteiger charge is 2.37. The standard InChI is InChI=1S/C12H17N3O/c1-16-12-3-2-9(5-14-12)7-15-8-10-4-11(15)6-13-10/h2-3,5,10-11,13H,4,6-8H2,1H3/t10-,11-/m1/s1. The first-order valence-corrected chi connectivity index (χ1v) is 5.81. The van der Waals surface area contributed by atoms with Crippen molar-refractivity contribution in [1.29, 1.82) is 0 Å². The number of nitrogens with one attached hydrogen (secondary N) is 1. The summed E-state index contributed by atoms with van der Waals surface area (Å²) in [5.74, 6) is 0.688. The Bertz CT molecular complexity index is 365. The molecule has 0 saturated carbocycles. The van der Waals surface area contributed by atoms with E-state index in [-0.39, 0.29) is 0 Å². The second-order valence-corrected chi connectivity index (χ2v) is 4.63. The lowest BCUT2D eigenvalue weighted by Gasteiger charge is -2.27. The Labute approximate surface area is 95.6 Å². The quantitative estimate of drug-likeness (QED) is 0.809. The number of pyridine rings is 1. The largest absolute Gasteiger partial charge is 0.481 e. The summed E-state index contributed by atoms with van der Waals surface area (Å²) in [6.45, 7) is 3.34. The van der Waals surface area contributed by atoms with Crippen LogP contribution in [0, 0.1) is 0 Å². The van der Waals surface area contributed by atoms with Crippen molar-refractivity contribution in [3.05, 3.63) is 23.9 Å². The molecule has 16 heavy (non-hydrogen) atoms. The van der Waals surface area contributed by atoms with E-state index in [1.807, 2.05) is 12.3 Å². The van der Waals surface area contributed by atoms with Gasteiger partial charge in [0.2, 0.25) is 5.88 Å². The third-order valence-electron chi connectivity index (χ3n) is 3.56. The lowest BCUT2D eigenvalue weighted by Crippen LogP contribution is -2.42. The van der Waals surface area contributed by atoms with Crippen molar-refractivity contribution in [1.82, 2.24) is 15.2 Å². The zero-order valence-electron chi connectivity index (χ0n) is 9.52. The normalized spacial score (nSPS) is 28.6. The number of hydrogen-bond acceptors (Lipinski definition) is 4. The molecular weight excluding hydrogens is 202 g/mol. The molecule has 86 valence electrons. The summed E-state index contributed by atoms with van der Waals surface area (Å²) in [6.07, 6.45) is 3.22. The number of rotatable bonds is 3. The van der Waals surface area contributed by atoms with Gasteiger partial charge >= 0.3 is 0 Å². The highest BCUT2D eigenvalue weighted by molar-refractivity contribution is 5.18. The van der Waals surface area contributed by atoms with Gasteiger partial charge in [-0.3, -0.25) is 4.90 Å². The smallest absolute Gasteiger partial charge is 0.212 e. The van der Waals surface area contributed by atoms with Gasteiger partial charge in [0, 0.05) is 44.0 Å². The highest BCUT2D eigenvalue weighted by Crippen LogP contribution is 2.25. The molecule has 0 unspecified atom stereocenters. The fourth-order valence-corrected chi connectivity index (χ4v) is 2.70. The molecule has 1 aromatic rings. The van der Waals surface area contributed by atoms with Crippen molar-refractivity contribution < 1.29 is 4.74 Å². The number of aromatic nitrogens is 1. The zero-order chi connectivity index (χ0) is 11.0. The van der Waals surface area contributed by atoms with Crippen molar-refractivity contribution in [3.8, 4) is 5.88 Å². The van der Waals surface area contributed by atoms with E-state index in [1.54, 1.807) is 7.11 Å². The van der Waals surface area contributed by atoms with E-state index < -0.39 is 0 Å². The van der Waals surface area contributed by atoms with Gasteiger partial charge in [0.25, 0.3) is 0 Å². The van der Waals surface area contributed by atoms with E-state index in [0.717, 1.165) is 25.2 Å². The number of likely N-dealkylation sites (tertiary alicyclic amines) is 1. The van der Waals surface area contributed by atoms with Gasteiger partial charge in [-0.05, 0) is 12.0 Å². The zero-order valence-corrected chi connectivity index (χ0v) is 9.52. The Hall–Kier alpha value is -1.13. The molecule has 3 rings (SSSR count). The van der Waals surface area contributed by atoms with E-state index in [4.69, 9.17) is 4.74 Å². The molecule has 1 aromatic heterocycles. The minimum atomic E-state index is 0.688. The van der Waals surface area contributed by atoms with Crippen LogP contribution in [0.5, 0.6) is 5.88 Å². The molecule has 2 atom stereocenters. The maximum atomic E-state index is 5.05. The molecule has 0 aliphatic carbocycles. The lowest BCUT2D eigenvalue weighted by molar-refractivity contribution is 0.217. The lowest BCUT2D eigenvalue weighted by atomic mass is 10.2. The van der Waals surface area contributed by atoms with Crippen molar-refractivity contribution in [2.45, 2.75) is 25.0 Å². The number of fused-ring (bicyclic) bond motifs is 2. The molecule has 0 radical (unpaired) electrons. The number of nitrogens with zero attached hydrogens (tertiary/aromatic N) is 2. The first kappa shape index (κ1) is 10.1. The predicted octanol–water partition coefficient (Wildman–Crippen LogP) is 0.636. The Kier molecular flexibility index (Phi) is 2.53. The van der Waals surface area contributed by atoms with Crippen LogP contribution in [0.1, 0.15) is 12.0 Å². The first-order chi connectivity index (χ1) is 7.85. The summed E-state index contributed by atoms with van der Waals surface area (Å²) >= 11 is 0. The molecule has 4 heteroatoms. The van der Waals surface area contributed by atoms with Gasteiger partial charge in [-0.2, -0.15) is 0 Å². The minimum Gasteiger partial charge on any atom is -0.481 e. The van der Waals surface area contributed by atoms with Gasteiger partial charge in [-0.1, -0.05) is 6.07 Å². The van der Waals surface area contributed by atoms with Gasteiger partial charge in [0.05, 0.1) is 7.11 Å². The molecule has 2 bridgehead atoms. The van der Waals surface area contributed by atoms with Crippen molar-refractivity contribution in [2.75, 3.05) is 20.2 Å². The molecule has 0 spiro atoms. The van der Waals surface area contributed by atoms with Crippen LogP contribution in [0.25, 0.3) is 0 Å². The second kappa shape index (κ2) is 4.03. The fourth-order valence-electron chi connectivity index (χ4n) is 2.70. The van der Waals surface area contributed by atoms with Crippen LogP contribution in [-0.4, -0.2) is 42.2 Å². The molecule has 2 fully saturated rings. The summed E-state index contributed by atoms with van der Waals surface area (Å²) in [7, 11) is 1.65. The van der Waals surface area contributed by atoms with Gasteiger partial charge in [0.15, 0.2) is 0 Å². The number of ether oxygens (including phenoxy) is 1. The van der Waals surface area contributed by atoms with E-state index in [0.29, 0.717) is 5.88 Å². The van der Waals surface area contributed by atoms with Crippen LogP contribution < -0.4 is 10.1 Å². The molecule has 3 heterocycles. The van der Waals surface area contributed by atoms with Crippen molar-refractivity contribution in [2.24, 2.45) is 0 Å². The number of methoxy groups -OCH3 is 1. The topological polar surface area (TPSA) is 37.4 Å². The molecule has 0 amide bonds. The summed E-state index contributed by atoms with van der Waals surface area (Å²) in [5, 5.41) is 3.51. The SMILES string of the molecule is COc1ccc(CN2C[C@H]3C[C@@H]2CN3)cn1. The Balaban J connectivity index is 1.65. The summed E-state index contributed by atoms with van der Waals surface area (Å²) < 4.78 is 5.05. The molecule has 4 nitrogen and oxygen atoms in total. The Morgan fingerprint density at radius 2 is 2.50 bits per heavy atom. The Morgan fingerprint density at radius 1 is 1.56 bits per heavy atom. The molecule has 2 aliphatic heterocycles. The van der Waals surface area contributed by atoms with Gasteiger partial charge in [-0.25, -0.2) is 4.98 Å². The molecule has 0 aromatic carbocycles. The van der Waals surface area contributed by atoms with Crippen molar-refractivity contribution >= 4 is 0 Å². The maximum absolute atomic E-state index is 5.05. The van der Waals surface area contributed by atoms with Crippen molar-refractivity contribution in [3.63, 3.8) is 0 Å². The first-order valence-electron chi connectivity index (χ1n) is 5.81. The molecular formula is C12H17N3O. The number of piperazine rings is 1. The van der Waals surface area contributed by atoms with Gasteiger partial charge < -0.3 is 10.1 Å². The summed E-state index contributed by atoms with van der Waals surface area (Å²) in [5.41, 5.74) is 1.27. The van der Waals surface area contributed by atoms with Crippen LogP contribution in [0.15, 0.2) is 18.3 Å². The van der Waals surface area contributed by atoms with E-state index in [2.05, 4.69) is 21.3 Å². The maximum Gasteiger partial charge on any atom is 0.212 e. The van der Waals surface area contributed by atoms with Crippen LogP contribution >= 0.6 is 0 Å². The molecule has 2 aliphatic rings. The monoisotopic (exact) mass is 219 g/mol. The summed E-state index contributed by atoms with van der Waals surface area (Å²) in [4.78, 5) is 6.78. The fraction of sp³-hybridized carbons (Fsp3) is 0.583. The minimum absolute atomic E-state index is 0.688. The number of hydrogen-bond donors (Lipinski definition) is 1. The van der Waals surface area contributed by atoms with E-state index in [9.17, 15) is 0 Å². The summed E-state index contributed by atoms with van der Waals surface area (Å²) in [6, 6.07) is 5.48. The third-order valence-corrected chi connectivity index (χ3v) is 3.56. The second-order valence-electron chi connectivity index (χ2n) is 4.63. The third kappa shape index (κ3) is 1.79. The highest BCUT2D eigenvalue weighted by atomic mass is 16.5. The molecule has 2 saturated heterocycles. The van der Waals surface area contributed by atoms with Crippen LogP contribution in [0.3, 0.4) is 0 Å². The van der Waals surface area contributed by atoms with Gasteiger partial charge in [0.1, 0.15) is 0 Å².